The molecule has 0 saturated carbocycles. The second-order valence-corrected chi connectivity index (χ2v) is 2.85. The fourth-order valence-electron chi connectivity index (χ4n) is 0.824. The minimum atomic E-state index is -2.67. The maximum absolute atomic E-state index is 12.1. The van der Waals surface area contributed by atoms with Crippen molar-refractivity contribution in [3.05, 3.63) is 28.5 Å². The Morgan fingerprint density at radius 2 is 2.23 bits per heavy atom. The Labute approximate surface area is 78.5 Å². The van der Waals surface area contributed by atoms with E-state index in [1.54, 1.807) is 0 Å². The van der Waals surface area contributed by atoms with Crippen molar-refractivity contribution in [1.82, 2.24) is 4.98 Å². The third-order valence-corrected chi connectivity index (χ3v) is 1.79. The molecule has 0 saturated heterocycles. The highest BCUT2D eigenvalue weighted by Crippen LogP contribution is 2.22. The first kappa shape index (κ1) is 10.1. The predicted octanol–water partition coefficient (Wildman–Crippen LogP) is 2.88. The van der Waals surface area contributed by atoms with E-state index >= 15 is 0 Å². The van der Waals surface area contributed by atoms with Crippen LogP contribution in [0.4, 0.5) is 8.78 Å². The van der Waals surface area contributed by atoms with Gasteiger partial charge in [0, 0.05) is 6.20 Å². The van der Waals surface area contributed by atoms with Crippen LogP contribution in [-0.4, -0.2) is 10.8 Å². The summed E-state index contributed by atoms with van der Waals surface area (Å²) in [6.07, 6.45) is -1.61. The first-order valence-corrected chi connectivity index (χ1v) is 3.84. The molecule has 0 amide bonds. The van der Waals surface area contributed by atoms with Gasteiger partial charge in [-0.3, -0.25) is 9.78 Å². The second-order valence-electron chi connectivity index (χ2n) is 2.45. The number of Topliss-reactive ketones (excluding diaryl/α,β-unsaturated/α-hetero) is 1. The molecule has 70 valence electrons. The normalized spacial score (nSPS) is 10.5. The van der Waals surface area contributed by atoms with Gasteiger partial charge in [-0.1, -0.05) is 11.6 Å². The smallest absolute Gasteiger partial charge is 0.280 e. The van der Waals surface area contributed by atoms with E-state index < -0.39 is 12.1 Å². The number of hydrogen-bond donors (Lipinski definition) is 0. The predicted molar refractivity (Wildman–Crippen MR) is 44.2 cm³/mol. The number of alkyl halides is 2. The number of halogens is 3. The van der Waals surface area contributed by atoms with E-state index in [0.29, 0.717) is 0 Å². The highest BCUT2D eigenvalue weighted by Gasteiger charge is 2.12. The molecule has 5 heteroatoms. The highest BCUT2D eigenvalue weighted by molar-refractivity contribution is 6.33. The molecule has 0 fully saturated rings. The average Bonchev–Trinajstić information content (AvgIpc) is 2.03. The summed E-state index contributed by atoms with van der Waals surface area (Å²) in [6, 6.07) is 1.00. The molecular weight excluding hydrogens is 200 g/mol. The second kappa shape index (κ2) is 3.79. The Kier molecular flexibility index (Phi) is 2.93. The lowest BCUT2D eigenvalue weighted by Gasteiger charge is -2.02. The van der Waals surface area contributed by atoms with Crippen LogP contribution < -0.4 is 0 Å². The lowest BCUT2D eigenvalue weighted by atomic mass is 10.2. The number of carbonyl (C=O) groups excluding carboxylic acids is 1. The van der Waals surface area contributed by atoms with E-state index in [4.69, 9.17) is 11.6 Å². The van der Waals surface area contributed by atoms with E-state index in [9.17, 15) is 13.6 Å². The zero-order valence-electron chi connectivity index (χ0n) is 6.72. The Morgan fingerprint density at radius 3 is 2.62 bits per heavy atom. The van der Waals surface area contributed by atoms with E-state index in [-0.39, 0.29) is 16.4 Å². The third-order valence-electron chi connectivity index (χ3n) is 1.48. The molecule has 0 aromatic carbocycles. The van der Waals surface area contributed by atoms with Gasteiger partial charge in [-0.2, -0.15) is 0 Å². The lowest BCUT2D eigenvalue weighted by molar-refractivity contribution is 0.101. The maximum Gasteiger partial charge on any atom is 0.280 e. The van der Waals surface area contributed by atoms with Crippen molar-refractivity contribution in [2.75, 3.05) is 0 Å². The van der Waals surface area contributed by atoms with Crippen LogP contribution in [0.1, 0.15) is 29.4 Å². The molecule has 1 aromatic rings. The van der Waals surface area contributed by atoms with Gasteiger partial charge in [0.2, 0.25) is 0 Å². The Balaban J connectivity index is 3.13. The molecule has 13 heavy (non-hydrogen) atoms. The summed E-state index contributed by atoms with van der Waals surface area (Å²) in [5.74, 6) is -0.293. The van der Waals surface area contributed by atoms with Crippen molar-refractivity contribution in [2.24, 2.45) is 0 Å². The van der Waals surface area contributed by atoms with Crippen LogP contribution in [0.3, 0.4) is 0 Å². The zero-order chi connectivity index (χ0) is 10.0. The molecule has 0 aliphatic rings. The number of ketones is 1. The first-order chi connectivity index (χ1) is 6.02. The lowest BCUT2D eigenvalue weighted by Crippen LogP contribution is -1.98. The Hall–Kier alpha value is -1.03. The fourth-order valence-corrected chi connectivity index (χ4v) is 1.12. The van der Waals surface area contributed by atoms with Crippen LogP contribution in [0.2, 0.25) is 5.02 Å². The molecule has 0 aliphatic carbocycles. The molecule has 1 rings (SSSR count). The minimum absolute atomic E-state index is 0.0119. The van der Waals surface area contributed by atoms with Crippen molar-refractivity contribution in [2.45, 2.75) is 13.3 Å². The van der Waals surface area contributed by atoms with Gasteiger partial charge in [-0.15, -0.1) is 0 Å². The van der Waals surface area contributed by atoms with Gasteiger partial charge in [0.05, 0.1) is 10.6 Å². The molecule has 0 N–H and O–H groups in total. The van der Waals surface area contributed by atoms with Crippen molar-refractivity contribution in [1.29, 1.82) is 0 Å². The van der Waals surface area contributed by atoms with Crippen LogP contribution in [0, 0.1) is 0 Å². The van der Waals surface area contributed by atoms with Gasteiger partial charge in [0.25, 0.3) is 6.43 Å². The molecule has 0 unspecified atom stereocenters. The van der Waals surface area contributed by atoms with Gasteiger partial charge in [0.1, 0.15) is 5.69 Å². The van der Waals surface area contributed by atoms with Crippen molar-refractivity contribution in [3.8, 4) is 0 Å². The van der Waals surface area contributed by atoms with Gasteiger partial charge in [-0.25, -0.2) is 8.78 Å². The number of rotatable bonds is 2. The number of carbonyl (C=O) groups is 1. The molecule has 1 aromatic heterocycles. The summed E-state index contributed by atoms with van der Waals surface area (Å²) in [6.45, 7) is 1.30. The average molecular weight is 206 g/mol. The van der Waals surface area contributed by atoms with E-state index in [1.165, 1.54) is 6.92 Å². The van der Waals surface area contributed by atoms with Gasteiger partial charge < -0.3 is 0 Å². The topological polar surface area (TPSA) is 30.0 Å². The molecule has 1 heterocycles. The van der Waals surface area contributed by atoms with E-state index in [2.05, 4.69) is 4.98 Å². The molecule has 0 bridgehead atoms. The quantitative estimate of drug-likeness (QED) is 0.695. The monoisotopic (exact) mass is 205 g/mol. The third kappa shape index (κ3) is 2.21. The van der Waals surface area contributed by atoms with Crippen molar-refractivity contribution >= 4 is 17.4 Å². The minimum Gasteiger partial charge on any atom is -0.294 e. The van der Waals surface area contributed by atoms with Crippen LogP contribution in [-0.2, 0) is 0 Å². The summed E-state index contributed by atoms with van der Waals surface area (Å²) >= 11 is 5.57. The highest BCUT2D eigenvalue weighted by atomic mass is 35.5. The number of nitrogens with zero attached hydrogens (tertiary/aromatic N) is 1. The summed E-state index contributed by atoms with van der Waals surface area (Å²) in [7, 11) is 0. The van der Waals surface area contributed by atoms with Crippen LogP contribution >= 0.6 is 11.6 Å². The largest absolute Gasteiger partial charge is 0.294 e. The zero-order valence-corrected chi connectivity index (χ0v) is 7.48. The van der Waals surface area contributed by atoms with Gasteiger partial charge in [0.15, 0.2) is 5.78 Å². The van der Waals surface area contributed by atoms with E-state index in [0.717, 1.165) is 12.3 Å². The first-order valence-electron chi connectivity index (χ1n) is 3.47. The van der Waals surface area contributed by atoms with Gasteiger partial charge >= 0.3 is 0 Å². The molecule has 0 radical (unpaired) electrons. The van der Waals surface area contributed by atoms with Crippen LogP contribution in [0.15, 0.2) is 12.3 Å². The van der Waals surface area contributed by atoms with E-state index in [1.807, 2.05) is 0 Å². The molecule has 0 atom stereocenters. The van der Waals surface area contributed by atoms with Crippen LogP contribution in [0.5, 0.6) is 0 Å². The summed E-state index contributed by atoms with van der Waals surface area (Å²) in [5, 5.41) is 0.0119. The van der Waals surface area contributed by atoms with Gasteiger partial charge in [-0.05, 0) is 13.0 Å². The maximum atomic E-state index is 12.1. The number of pyridine rings is 1. The van der Waals surface area contributed by atoms with Crippen molar-refractivity contribution < 1.29 is 13.6 Å². The molecule has 2 nitrogen and oxygen atoms in total. The standard InChI is InChI=1S/C8H6ClF2NO/c1-4(13)5-3-12-7(8(10)11)2-6(5)9/h2-3,8H,1H3. The molecule has 0 spiro atoms. The molecule has 0 aliphatic heterocycles. The SMILES string of the molecule is CC(=O)c1cnc(C(F)F)cc1Cl. The number of hydrogen-bond acceptors (Lipinski definition) is 2. The summed E-state index contributed by atoms with van der Waals surface area (Å²) in [4.78, 5) is 14.2. The fraction of sp³-hybridized carbons (Fsp3) is 0.250. The van der Waals surface area contributed by atoms with Crippen molar-refractivity contribution in [3.63, 3.8) is 0 Å². The molecular formula is C8H6ClF2NO. The summed E-state index contributed by atoms with van der Waals surface area (Å²) < 4.78 is 24.1. The Morgan fingerprint density at radius 1 is 1.62 bits per heavy atom. The Bertz CT molecular complexity index is 341. The summed E-state index contributed by atoms with van der Waals surface area (Å²) in [5.41, 5.74) is -0.263. The van der Waals surface area contributed by atoms with Crippen LogP contribution in [0.25, 0.3) is 0 Å². The number of aromatic nitrogens is 1.